The van der Waals surface area contributed by atoms with Crippen molar-refractivity contribution in [3.05, 3.63) is 35.9 Å². The molecule has 4 nitrogen and oxygen atoms in total. The first-order chi connectivity index (χ1) is 12.6. The minimum absolute atomic E-state index is 0.125. The minimum atomic E-state index is 0.125. The molecule has 1 fully saturated rings. The van der Waals surface area contributed by atoms with Crippen LogP contribution in [0.2, 0.25) is 0 Å². The summed E-state index contributed by atoms with van der Waals surface area (Å²) in [6.07, 6.45) is 6.47. The molecule has 0 spiro atoms. The van der Waals surface area contributed by atoms with E-state index in [0.717, 1.165) is 50.8 Å². The lowest BCUT2D eigenvalue weighted by molar-refractivity contribution is -0.134. The zero-order valence-electron chi connectivity index (χ0n) is 16.4. The Kier molecular flexibility index (Phi) is 8.66. The molecule has 1 heterocycles. The summed E-state index contributed by atoms with van der Waals surface area (Å²) in [7, 11) is 0. The van der Waals surface area contributed by atoms with Gasteiger partial charge in [0.25, 0.3) is 0 Å². The molecule has 0 bridgehead atoms. The fourth-order valence-electron chi connectivity index (χ4n) is 3.83. The molecular formula is C22H34N2O2. The van der Waals surface area contributed by atoms with Crippen LogP contribution in [0.15, 0.2) is 30.3 Å². The first-order valence-electron chi connectivity index (χ1n) is 10.2. The smallest absolute Gasteiger partial charge is 0.222 e. The molecule has 1 aliphatic rings. The summed E-state index contributed by atoms with van der Waals surface area (Å²) in [6.45, 7) is 6.54. The maximum Gasteiger partial charge on any atom is 0.222 e. The third-order valence-corrected chi connectivity index (χ3v) is 5.54. The monoisotopic (exact) mass is 358 g/mol. The Morgan fingerprint density at radius 3 is 2.58 bits per heavy atom. The van der Waals surface area contributed by atoms with Gasteiger partial charge >= 0.3 is 0 Å². The van der Waals surface area contributed by atoms with Gasteiger partial charge in [-0.25, -0.2) is 0 Å². The van der Waals surface area contributed by atoms with E-state index in [2.05, 4.69) is 19.2 Å². The molecule has 2 amide bonds. The summed E-state index contributed by atoms with van der Waals surface area (Å²) < 4.78 is 0. The van der Waals surface area contributed by atoms with Gasteiger partial charge in [-0.2, -0.15) is 0 Å². The highest BCUT2D eigenvalue weighted by atomic mass is 16.2. The van der Waals surface area contributed by atoms with Crippen LogP contribution in [0.25, 0.3) is 0 Å². The van der Waals surface area contributed by atoms with E-state index in [1.54, 1.807) is 0 Å². The number of piperidine rings is 1. The second kappa shape index (κ2) is 11.0. The molecule has 0 radical (unpaired) electrons. The molecule has 1 saturated heterocycles. The average molecular weight is 359 g/mol. The summed E-state index contributed by atoms with van der Waals surface area (Å²) in [5, 5.41) is 3.04. The van der Waals surface area contributed by atoms with Crippen LogP contribution in [0.3, 0.4) is 0 Å². The van der Waals surface area contributed by atoms with E-state index in [1.807, 2.05) is 35.2 Å². The largest absolute Gasteiger partial charge is 0.352 e. The molecule has 1 aliphatic heterocycles. The van der Waals surface area contributed by atoms with Gasteiger partial charge in [-0.05, 0) is 30.2 Å². The fourth-order valence-corrected chi connectivity index (χ4v) is 3.83. The van der Waals surface area contributed by atoms with E-state index in [-0.39, 0.29) is 5.91 Å². The van der Waals surface area contributed by atoms with Gasteiger partial charge in [0.15, 0.2) is 0 Å². The number of nitrogens with one attached hydrogen (secondary N) is 1. The van der Waals surface area contributed by atoms with E-state index in [9.17, 15) is 9.59 Å². The van der Waals surface area contributed by atoms with Crippen LogP contribution in [0.5, 0.6) is 0 Å². The first-order valence-corrected chi connectivity index (χ1v) is 10.2. The van der Waals surface area contributed by atoms with E-state index >= 15 is 0 Å². The second-order valence-corrected chi connectivity index (χ2v) is 7.48. The molecule has 2 rings (SSSR count). The zero-order valence-corrected chi connectivity index (χ0v) is 16.4. The third kappa shape index (κ3) is 6.47. The molecule has 0 saturated carbocycles. The lowest BCUT2D eigenvalue weighted by atomic mass is 9.81. The Bertz CT molecular complexity index is 559. The maximum atomic E-state index is 12.4. The number of likely N-dealkylation sites (tertiary alicyclic amines) is 1. The maximum absolute atomic E-state index is 12.4. The van der Waals surface area contributed by atoms with Crippen molar-refractivity contribution in [2.45, 2.75) is 65.3 Å². The number of carbonyl (C=O) groups is 2. The minimum Gasteiger partial charge on any atom is -0.352 e. The van der Waals surface area contributed by atoms with Gasteiger partial charge < -0.3 is 10.2 Å². The summed E-state index contributed by atoms with van der Waals surface area (Å²) in [5.41, 5.74) is 1.13. The molecule has 2 atom stereocenters. The predicted octanol–water partition coefficient (Wildman–Crippen LogP) is 4.15. The van der Waals surface area contributed by atoms with Crippen molar-refractivity contribution in [3.63, 3.8) is 0 Å². The van der Waals surface area contributed by atoms with Crippen LogP contribution in [0, 0.1) is 11.8 Å². The van der Waals surface area contributed by atoms with Crippen molar-refractivity contribution in [3.8, 4) is 0 Å². The van der Waals surface area contributed by atoms with Crippen molar-refractivity contribution in [1.82, 2.24) is 10.2 Å². The number of carbonyl (C=O) groups excluding carboxylic acids is 2. The standard InChI is InChI=1S/C22H34N2O2/c1-3-5-7-12-22(26)24-14-13-20(19(4-2)17-24)15-21(25)23-16-18-10-8-6-9-11-18/h6,8-11,19-20H,3-5,7,12-17H2,1-2H3,(H,23,25). The summed E-state index contributed by atoms with van der Waals surface area (Å²) in [6, 6.07) is 10.0. The topological polar surface area (TPSA) is 49.4 Å². The average Bonchev–Trinajstić information content (AvgIpc) is 2.67. The number of hydrogen-bond acceptors (Lipinski definition) is 2. The van der Waals surface area contributed by atoms with Crippen molar-refractivity contribution >= 4 is 11.8 Å². The van der Waals surface area contributed by atoms with Crippen molar-refractivity contribution in [2.75, 3.05) is 13.1 Å². The Morgan fingerprint density at radius 1 is 1.12 bits per heavy atom. The quantitative estimate of drug-likeness (QED) is 0.674. The SMILES string of the molecule is CCCCCC(=O)N1CCC(CC(=O)NCc2ccccc2)C(CC)C1. The zero-order chi connectivity index (χ0) is 18.8. The van der Waals surface area contributed by atoms with Crippen LogP contribution in [-0.2, 0) is 16.1 Å². The number of benzene rings is 1. The van der Waals surface area contributed by atoms with Gasteiger partial charge in [-0.3, -0.25) is 9.59 Å². The van der Waals surface area contributed by atoms with E-state index in [0.29, 0.717) is 37.1 Å². The Labute approximate surface area is 158 Å². The molecular weight excluding hydrogens is 324 g/mol. The molecule has 144 valence electrons. The van der Waals surface area contributed by atoms with Crippen LogP contribution >= 0.6 is 0 Å². The molecule has 1 N–H and O–H groups in total. The van der Waals surface area contributed by atoms with Gasteiger partial charge in [0.1, 0.15) is 0 Å². The Hall–Kier alpha value is -1.84. The van der Waals surface area contributed by atoms with Crippen LogP contribution in [0.4, 0.5) is 0 Å². The Balaban J connectivity index is 1.77. The van der Waals surface area contributed by atoms with Gasteiger partial charge in [0, 0.05) is 32.5 Å². The lowest BCUT2D eigenvalue weighted by Gasteiger charge is -2.38. The molecule has 0 aromatic heterocycles. The van der Waals surface area contributed by atoms with Crippen LogP contribution in [-0.4, -0.2) is 29.8 Å². The van der Waals surface area contributed by atoms with E-state index in [1.165, 1.54) is 0 Å². The van der Waals surface area contributed by atoms with Gasteiger partial charge in [0.2, 0.25) is 11.8 Å². The number of unbranched alkanes of at least 4 members (excludes halogenated alkanes) is 2. The predicted molar refractivity (Wildman–Crippen MR) is 106 cm³/mol. The van der Waals surface area contributed by atoms with Gasteiger partial charge in [0.05, 0.1) is 0 Å². The fraction of sp³-hybridized carbons (Fsp3) is 0.636. The van der Waals surface area contributed by atoms with E-state index < -0.39 is 0 Å². The van der Waals surface area contributed by atoms with Crippen LogP contribution in [0.1, 0.15) is 64.4 Å². The molecule has 0 aliphatic carbocycles. The first kappa shape index (κ1) is 20.5. The molecule has 2 unspecified atom stereocenters. The highest BCUT2D eigenvalue weighted by molar-refractivity contribution is 5.77. The van der Waals surface area contributed by atoms with Crippen LogP contribution < -0.4 is 5.32 Å². The number of hydrogen-bond donors (Lipinski definition) is 1. The molecule has 1 aromatic carbocycles. The number of rotatable bonds is 9. The third-order valence-electron chi connectivity index (χ3n) is 5.54. The van der Waals surface area contributed by atoms with Gasteiger partial charge in [-0.1, -0.05) is 63.4 Å². The van der Waals surface area contributed by atoms with Crippen molar-refractivity contribution in [1.29, 1.82) is 0 Å². The number of amides is 2. The summed E-state index contributed by atoms with van der Waals surface area (Å²) in [4.78, 5) is 26.7. The summed E-state index contributed by atoms with van der Waals surface area (Å²) in [5.74, 6) is 1.24. The molecule has 1 aromatic rings. The highest BCUT2D eigenvalue weighted by Gasteiger charge is 2.31. The number of nitrogens with zero attached hydrogens (tertiary/aromatic N) is 1. The van der Waals surface area contributed by atoms with Crippen molar-refractivity contribution < 1.29 is 9.59 Å². The molecule has 26 heavy (non-hydrogen) atoms. The normalized spacial score (nSPS) is 20.0. The van der Waals surface area contributed by atoms with Gasteiger partial charge in [-0.15, -0.1) is 0 Å². The second-order valence-electron chi connectivity index (χ2n) is 7.48. The highest BCUT2D eigenvalue weighted by Crippen LogP contribution is 2.29. The molecule has 4 heteroatoms. The Morgan fingerprint density at radius 2 is 1.88 bits per heavy atom. The summed E-state index contributed by atoms with van der Waals surface area (Å²) >= 11 is 0. The lowest BCUT2D eigenvalue weighted by Crippen LogP contribution is -2.44. The van der Waals surface area contributed by atoms with E-state index in [4.69, 9.17) is 0 Å². The van der Waals surface area contributed by atoms with Crippen molar-refractivity contribution in [2.24, 2.45) is 11.8 Å².